The molecule has 0 aliphatic carbocycles. The van der Waals surface area contributed by atoms with Crippen LogP contribution in [0.1, 0.15) is 35.2 Å². The minimum atomic E-state index is -1.08. The SMILES string of the molecule is COc1ccc(C(=O)CCCC(=O)N[C@@H](Cc2ccccc2)C(=O)O)cc1. The molecular weight excluding hydrogens is 346 g/mol. The molecule has 6 nitrogen and oxygen atoms in total. The van der Waals surface area contributed by atoms with E-state index in [1.165, 1.54) is 0 Å². The molecule has 2 rings (SSSR count). The Bertz CT molecular complexity index is 771. The summed E-state index contributed by atoms with van der Waals surface area (Å²) in [5.74, 6) is -0.851. The number of amides is 1. The molecule has 142 valence electrons. The first kappa shape index (κ1) is 20.2. The smallest absolute Gasteiger partial charge is 0.326 e. The maximum absolute atomic E-state index is 12.1. The third kappa shape index (κ3) is 6.58. The number of ketones is 1. The van der Waals surface area contributed by atoms with Crippen molar-refractivity contribution in [3.8, 4) is 5.75 Å². The average Bonchev–Trinajstić information content (AvgIpc) is 2.68. The molecule has 1 atom stereocenters. The summed E-state index contributed by atoms with van der Waals surface area (Å²) >= 11 is 0. The lowest BCUT2D eigenvalue weighted by Crippen LogP contribution is -2.42. The number of carboxylic acid groups (broad SMARTS) is 1. The highest BCUT2D eigenvalue weighted by Crippen LogP contribution is 2.14. The summed E-state index contributed by atoms with van der Waals surface area (Å²) in [6, 6.07) is 14.9. The lowest BCUT2D eigenvalue weighted by Gasteiger charge is -2.14. The summed E-state index contributed by atoms with van der Waals surface area (Å²) in [6.45, 7) is 0. The summed E-state index contributed by atoms with van der Waals surface area (Å²) in [4.78, 5) is 35.6. The van der Waals surface area contributed by atoms with Gasteiger partial charge in [0, 0.05) is 24.8 Å². The van der Waals surface area contributed by atoms with Gasteiger partial charge in [0.05, 0.1) is 7.11 Å². The van der Waals surface area contributed by atoms with Crippen LogP contribution in [0, 0.1) is 0 Å². The summed E-state index contributed by atoms with van der Waals surface area (Å²) in [5.41, 5.74) is 1.39. The molecular formula is C21H23NO5. The van der Waals surface area contributed by atoms with Crippen molar-refractivity contribution >= 4 is 17.7 Å². The van der Waals surface area contributed by atoms with Crippen molar-refractivity contribution in [2.24, 2.45) is 0 Å². The van der Waals surface area contributed by atoms with Crippen LogP contribution in [-0.4, -0.2) is 35.9 Å². The topological polar surface area (TPSA) is 92.7 Å². The molecule has 2 N–H and O–H groups in total. The Kier molecular flexibility index (Phi) is 7.55. The lowest BCUT2D eigenvalue weighted by molar-refractivity contribution is -0.141. The quantitative estimate of drug-likeness (QED) is 0.628. The zero-order valence-corrected chi connectivity index (χ0v) is 15.2. The average molecular weight is 369 g/mol. The van der Waals surface area contributed by atoms with Crippen LogP contribution < -0.4 is 10.1 Å². The molecule has 1 amide bonds. The van der Waals surface area contributed by atoms with Crippen LogP contribution in [0.15, 0.2) is 54.6 Å². The van der Waals surface area contributed by atoms with E-state index in [-0.39, 0.29) is 31.0 Å². The first-order valence-corrected chi connectivity index (χ1v) is 8.73. The van der Waals surface area contributed by atoms with E-state index in [0.717, 1.165) is 5.56 Å². The first-order chi connectivity index (χ1) is 13.0. The Balaban J connectivity index is 1.79. The molecule has 0 heterocycles. The van der Waals surface area contributed by atoms with Crippen molar-refractivity contribution in [1.82, 2.24) is 5.32 Å². The van der Waals surface area contributed by atoms with Gasteiger partial charge in [-0.1, -0.05) is 30.3 Å². The van der Waals surface area contributed by atoms with E-state index in [4.69, 9.17) is 4.74 Å². The monoisotopic (exact) mass is 369 g/mol. The molecule has 0 aliphatic rings. The fourth-order valence-electron chi connectivity index (χ4n) is 2.65. The van der Waals surface area contributed by atoms with Crippen molar-refractivity contribution in [1.29, 1.82) is 0 Å². The van der Waals surface area contributed by atoms with Crippen molar-refractivity contribution in [2.75, 3.05) is 7.11 Å². The molecule has 0 fully saturated rings. The maximum atomic E-state index is 12.1. The molecule has 27 heavy (non-hydrogen) atoms. The maximum Gasteiger partial charge on any atom is 0.326 e. The van der Waals surface area contributed by atoms with Crippen molar-refractivity contribution in [3.63, 3.8) is 0 Å². The van der Waals surface area contributed by atoms with Gasteiger partial charge in [-0.2, -0.15) is 0 Å². The van der Waals surface area contributed by atoms with E-state index < -0.39 is 12.0 Å². The number of aliphatic carboxylic acids is 1. The minimum absolute atomic E-state index is 0.0653. The number of hydrogen-bond acceptors (Lipinski definition) is 4. The molecule has 0 aliphatic heterocycles. The number of benzene rings is 2. The summed E-state index contributed by atoms with van der Waals surface area (Å²) in [5, 5.41) is 11.8. The number of methoxy groups -OCH3 is 1. The van der Waals surface area contributed by atoms with Crippen molar-refractivity contribution in [3.05, 3.63) is 65.7 Å². The Morgan fingerprint density at radius 3 is 2.26 bits per heavy atom. The summed E-state index contributed by atoms with van der Waals surface area (Å²) < 4.78 is 5.05. The molecule has 2 aromatic rings. The highest BCUT2D eigenvalue weighted by Gasteiger charge is 2.20. The Morgan fingerprint density at radius 2 is 1.67 bits per heavy atom. The molecule has 2 aromatic carbocycles. The second kappa shape index (κ2) is 10.1. The zero-order chi connectivity index (χ0) is 19.6. The number of Topliss-reactive ketones (excluding diaryl/α,β-unsaturated/α-hetero) is 1. The highest BCUT2D eigenvalue weighted by atomic mass is 16.5. The van der Waals surface area contributed by atoms with Crippen LogP contribution in [0.25, 0.3) is 0 Å². The van der Waals surface area contributed by atoms with Crippen LogP contribution >= 0.6 is 0 Å². The molecule has 0 radical (unpaired) electrons. The normalized spacial score (nSPS) is 11.4. The van der Waals surface area contributed by atoms with Gasteiger partial charge in [0.1, 0.15) is 11.8 Å². The van der Waals surface area contributed by atoms with Crippen molar-refractivity contribution < 1.29 is 24.2 Å². The molecule has 0 saturated carbocycles. The van der Waals surface area contributed by atoms with Gasteiger partial charge in [-0.05, 0) is 36.2 Å². The second-order valence-electron chi connectivity index (χ2n) is 6.15. The summed E-state index contributed by atoms with van der Waals surface area (Å²) in [6.07, 6.45) is 0.887. The van der Waals surface area contributed by atoms with Gasteiger partial charge < -0.3 is 15.2 Å². The number of carbonyl (C=O) groups is 3. The summed E-state index contributed by atoms with van der Waals surface area (Å²) in [7, 11) is 1.55. The number of nitrogens with one attached hydrogen (secondary N) is 1. The molecule has 0 bridgehead atoms. The van der Waals surface area contributed by atoms with Crippen LogP contribution in [0.3, 0.4) is 0 Å². The Morgan fingerprint density at radius 1 is 1.00 bits per heavy atom. The predicted octanol–water partition coefficient (Wildman–Crippen LogP) is 2.86. The van der Waals surface area contributed by atoms with E-state index in [2.05, 4.69) is 5.32 Å². The molecule has 0 spiro atoms. The van der Waals surface area contributed by atoms with Gasteiger partial charge in [0.2, 0.25) is 5.91 Å². The van der Waals surface area contributed by atoms with E-state index in [0.29, 0.717) is 17.7 Å². The fraction of sp³-hybridized carbons (Fsp3) is 0.286. The first-order valence-electron chi connectivity index (χ1n) is 8.73. The number of carbonyl (C=O) groups excluding carboxylic acids is 2. The number of carboxylic acids is 1. The van der Waals surface area contributed by atoms with Crippen LogP contribution in [0.4, 0.5) is 0 Å². The minimum Gasteiger partial charge on any atom is -0.497 e. The van der Waals surface area contributed by atoms with E-state index >= 15 is 0 Å². The van der Waals surface area contributed by atoms with Crippen LogP contribution in [-0.2, 0) is 16.0 Å². The van der Waals surface area contributed by atoms with Gasteiger partial charge in [-0.15, -0.1) is 0 Å². The second-order valence-corrected chi connectivity index (χ2v) is 6.15. The third-order valence-electron chi connectivity index (χ3n) is 4.14. The number of rotatable bonds is 10. The van der Waals surface area contributed by atoms with Gasteiger partial charge >= 0.3 is 5.97 Å². The zero-order valence-electron chi connectivity index (χ0n) is 15.2. The van der Waals surface area contributed by atoms with Gasteiger partial charge in [0.15, 0.2) is 5.78 Å². The molecule has 0 saturated heterocycles. The number of ether oxygens (including phenoxy) is 1. The largest absolute Gasteiger partial charge is 0.497 e. The van der Waals surface area contributed by atoms with Crippen molar-refractivity contribution in [2.45, 2.75) is 31.7 Å². The molecule has 0 unspecified atom stereocenters. The molecule has 0 aromatic heterocycles. The van der Waals surface area contributed by atoms with E-state index in [9.17, 15) is 19.5 Å². The van der Waals surface area contributed by atoms with E-state index in [1.54, 1.807) is 31.4 Å². The van der Waals surface area contributed by atoms with Gasteiger partial charge in [0.25, 0.3) is 0 Å². The van der Waals surface area contributed by atoms with Crippen LogP contribution in [0.2, 0.25) is 0 Å². The van der Waals surface area contributed by atoms with Crippen LogP contribution in [0.5, 0.6) is 5.75 Å². The fourth-order valence-corrected chi connectivity index (χ4v) is 2.65. The highest BCUT2D eigenvalue weighted by molar-refractivity contribution is 5.96. The Hall–Kier alpha value is -3.15. The van der Waals surface area contributed by atoms with Gasteiger partial charge in [-0.25, -0.2) is 4.79 Å². The number of hydrogen-bond donors (Lipinski definition) is 2. The predicted molar refractivity (Wildman–Crippen MR) is 101 cm³/mol. The Labute approximate surface area is 158 Å². The van der Waals surface area contributed by atoms with E-state index in [1.807, 2.05) is 30.3 Å². The van der Waals surface area contributed by atoms with Gasteiger partial charge in [-0.3, -0.25) is 9.59 Å². The molecule has 6 heteroatoms. The third-order valence-corrected chi connectivity index (χ3v) is 4.14. The lowest BCUT2D eigenvalue weighted by atomic mass is 10.0. The standard InChI is InChI=1S/C21H23NO5/c1-27-17-12-10-16(11-13-17)19(23)8-5-9-20(24)22-18(21(25)26)14-15-6-3-2-4-7-15/h2-4,6-7,10-13,18H,5,8-9,14H2,1H3,(H,22,24)(H,25,26)/t18-/m0/s1.